The van der Waals surface area contributed by atoms with Crippen LogP contribution in [0.4, 0.5) is 10.1 Å². The van der Waals surface area contributed by atoms with Crippen molar-refractivity contribution < 1.29 is 9.18 Å². The third-order valence-electron chi connectivity index (χ3n) is 3.33. The lowest BCUT2D eigenvalue weighted by Gasteiger charge is -2.40. The van der Waals surface area contributed by atoms with Crippen LogP contribution in [0.25, 0.3) is 0 Å². The summed E-state index contributed by atoms with van der Waals surface area (Å²) in [5, 5.41) is 3.06. The molecule has 0 spiro atoms. The number of rotatable bonds is 3. The normalized spacial score (nSPS) is 20.4. The van der Waals surface area contributed by atoms with Crippen LogP contribution >= 0.6 is 0 Å². The molecule has 1 aliphatic rings. The highest BCUT2D eigenvalue weighted by Gasteiger charge is 2.30. The molecule has 4 nitrogen and oxygen atoms in total. The summed E-state index contributed by atoms with van der Waals surface area (Å²) in [7, 11) is 3.64. The summed E-state index contributed by atoms with van der Waals surface area (Å²) in [5.74, 6) is -0.261. The number of hydrogen-bond donors (Lipinski definition) is 1. The first-order valence-electron chi connectivity index (χ1n) is 6.03. The van der Waals surface area contributed by atoms with Gasteiger partial charge >= 0.3 is 0 Å². The molecular formula is C13H18FN3O. The summed E-state index contributed by atoms with van der Waals surface area (Å²) in [5.41, 5.74) is 0.500. The predicted molar refractivity (Wildman–Crippen MR) is 69.1 cm³/mol. The number of likely N-dealkylation sites (N-methyl/N-ethyl adjacent to an activating group) is 2. The number of nitrogens with one attached hydrogen (secondary N) is 1. The van der Waals surface area contributed by atoms with Crippen molar-refractivity contribution >= 4 is 11.6 Å². The van der Waals surface area contributed by atoms with Gasteiger partial charge in [-0.15, -0.1) is 0 Å². The van der Waals surface area contributed by atoms with Crippen molar-refractivity contribution in [3.05, 3.63) is 30.1 Å². The van der Waals surface area contributed by atoms with Gasteiger partial charge in [-0.1, -0.05) is 12.1 Å². The first kappa shape index (κ1) is 12.8. The number of hydrogen-bond acceptors (Lipinski definition) is 3. The molecule has 5 heteroatoms. The molecule has 1 fully saturated rings. The van der Waals surface area contributed by atoms with E-state index in [2.05, 4.69) is 5.32 Å². The maximum absolute atomic E-state index is 13.7. The first-order chi connectivity index (χ1) is 8.63. The lowest BCUT2D eigenvalue weighted by Crippen LogP contribution is -2.57. The largest absolute Gasteiger partial charge is 0.358 e. The van der Waals surface area contributed by atoms with Gasteiger partial charge < -0.3 is 15.1 Å². The standard InChI is InChI=1S/C13H18FN3O/c1-15-7-10-8-17(9-13(18)16(10)2)12-6-4-3-5-11(12)14/h3-6,10,15H,7-9H2,1-2H3. The van der Waals surface area contributed by atoms with Gasteiger partial charge in [-0.05, 0) is 19.2 Å². The Kier molecular flexibility index (Phi) is 3.81. The molecule has 1 N–H and O–H groups in total. The van der Waals surface area contributed by atoms with Crippen LogP contribution in [-0.2, 0) is 4.79 Å². The molecule has 1 atom stereocenters. The minimum Gasteiger partial charge on any atom is -0.358 e. The van der Waals surface area contributed by atoms with Crippen molar-refractivity contribution in [3.63, 3.8) is 0 Å². The summed E-state index contributed by atoms with van der Waals surface area (Å²) >= 11 is 0. The van der Waals surface area contributed by atoms with Crippen molar-refractivity contribution in [3.8, 4) is 0 Å². The lowest BCUT2D eigenvalue weighted by molar-refractivity contribution is -0.131. The van der Waals surface area contributed by atoms with E-state index >= 15 is 0 Å². The number of piperazine rings is 1. The van der Waals surface area contributed by atoms with Gasteiger partial charge in [0.15, 0.2) is 0 Å². The molecule has 2 rings (SSSR count). The Balaban J connectivity index is 2.20. The number of carbonyl (C=O) groups excluding carboxylic acids is 1. The van der Waals surface area contributed by atoms with Crippen molar-refractivity contribution in [1.82, 2.24) is 10.2 Å². The van der Waals surface area contributed by atoms with Crippen molar-refractivity contribution in [2.45, 2.75) is 6.04 Å². The number of nitrogens with zero attached hydrogens (tertiary/aromatic N) is 2. The Morgan fingerprint density at radius 1 is 1.44 bits per heavy atom. The highest BCUT2D eigenvalue weighted by atomic mass is 19.1. The second-order valence-electron chi connectivity index (χ2n) is 4.55. The number of anilines is 1. The molecule has 1 aromatic rings. The summed E-state index contributed by atoms with van der Waals surface area (Å²) in [4.78, 5) is 15.4. The first-order valence-corrected chi connectivity index (χ1v) is 6.03. The SMILES string of the molecule is CNCC1CN(c2ccccc2F)CC(=O)N1C. The Labute approximate surface area is 106 Å². The van der Waals surface area contributed by atoms with Gasteiger partial charge in [0, 0.05) is 20.1 Å². The van der Waals surface area contributed by atoms with Gasteiger partial charge in [0.05, 0.1) is 18.3 Å². The molecule has 98 valence electrons. The molecule has 0 aromatic heterocycles. The van der Waals surface area contributed by atoms with E-state index in [0.29, 0.717) is 18.8 Å². The van der Waals surface area contributed by atoms with Crippen LogP contribution in [0.15, 0.2) is 24.3 Å². The molecule has 1 aliphatic heterocycles. The quantitative estimate of drug-likeness (QED) is 0.858. The molecule has 0 radical (unpaired) electrons. The van der Waals surface area contributed by atoms with E-state index in [1.165, 1.54) is 6.07 Å². The fourth-order valence-electron chi connectivity index (χ4n) is 2.25. The van der Waals surface area contributed by atoms with Crippen molar-refractivity contribution in [1.29, 1.82) is 0 Å². The summed E-state index contributed by atoms with van der Waals surface area (Å²) < 4.78 is 13.7. The molecule has 1 aromatic carbocycles. The molecule has 0 aliphatic carbocycles. The minimum atomic E-state index is -0.280. The van der Waals surface area contributed by atoms with E-state index in [9.17, 15) is 9.18 Å². The van der Waals surface area contributed by atoms with Crippen molar-refractivity contribution in [2.24, 2.45) is 0 Å². The minimum absolute atomic E-state index is 0.0183. The fraction of sp³-hybridized carbons (Fsp3) is 0.462. The van der Waals surface area contributed by atoms with E-state index in [4.69, 9.17) is 0 Å². The molecule has 1 amide bonds. The maximum atomic E-state index is 13.7. The molecule has 0 bridgehead atoms. The monoisotopic (exact) mass is 251 g/mol. The second-order valence-corrected chi connectivity index (χ2v) is 4.55. The Morgan fingerprint density at radius 3 is 2.83 bits per heavy atom. The molecule has 1 saturated heterocycles. The zero-order chi connectivity index (χ0) is 13.1. The Morgan fingerprint density at radius 2 is 2.17 bits per heavy atom. The zero-order valence-corrected chi connectivity index (χ0v) is 10.7. The average molecular weight is 251 g/mol. The van der Waals surface area contributed by atoms with Crippen LogP contribution in [0, 0.1) is 5.82 Å². The number of amides is 1. The predicted octanol–water partition coefficient (Wildman–Crippen LogP) is 0.692. The van der Waals surface area contributed by atoms with E-state index < -0.39 is 0 Å². The van der Waals surface area contributed by atoms with Gasteiger partial charge in [-0.25, -0.2) is 4.39 Å². The van der Waals surface area contributed by atoms with E-state index in [1.807, 2.05) is 7.05 Å². The number of para-hydroxylation sites is 1. The molecule has 1 heterocycles. The van der Waals surface area contributed by atoms with Crippen molar-refractivity contribution in [2.75, 3.05) is 38.6 Å². The smallest absolute Gasteiger partial charge is 0.242 e. The summed E-state index contributed by atoms with van der Waals surface area (Å²) in [6.45, 7) is 1.58. The average Bonchev–Trinajstić information content (AvgIpc) is 2.35. The van der Waals surface area contributed by atoms with Gasteiger partial charge in [0.2, 0.25) is 5.91 Å². The van der Waals surface area contributed by atoms with Crippen LogP contribution in [-0.4, -0.2) is 50.6 Å². The maximum Gasteiger partial charge on any atom is 0.242 e. The topological polar surface area (TPSA) is 35.6 Å². The van der Waals surface area contributed by atoms with Crippen LogP contribution in [0.1, 0.15) is 0 Å². The lowest BCUT2D eigenvalue weighted by atomic mass is 10.1. The van der Waals surface area contributed by atoms with Gasteiger partial charge in [0.25, 0.3) is 0 Å². The number of carbonyl (C=O) groups is 1. The van der Waals surface area contributed by atoms with Crippen LogP contribution in [0.3, 0.4) is 0 Å². The van der Waals surface area contributed by atoms with Crippen LogP contribution < -0.4 is 10.2 Å². The van der Waals surface area contributed by atoms with Crippen LogP contribution in [0.5, 0.6) is 0 Å². The summed E-state index contributed by atoms with van der Waals surface area (Å²) in [6.07, 6.45) is 0. The van der Waals surface area contributed by atoms with Gasteiger partial charge in [0.1, 0.15) is 5.82 Å². The number of benzene rings is 1. The summed E-state index contributed by atoms with van der Waals surface area (Å²) in [6, 6.07) is 6.64. The molecule has 18 heavy (non-hydrogen) atoms. The van der Waals surface area contributed by atoms with Gasteiger partial charge in [-0.2, -0.15) is 0 Å². The van der Waals surface area contributed by atoms with Crippen LogP contribution in [0.2, 0.25) is 0 Å². The highest BCUT2D eigenvalue weighted by Crippen LogP contribution is 2.22. The number of halogens is 1. The van der Waals surface area contributed by atoms with E-state index in [0.717, 1.165) is 0 Å². The molecule has 1 unspecified atom stereocenters. The zero-order valence-electron chi connectivity index (χ0n) is 10.7. The molecular weight excluding hydrogens is 233 g/mol. The highest BCUT2D eigenvalue weighted by molar-refractivity contribution is 5.83. The second kappa shape index (κ2) is 5.35. The Hall–Kier alpha value is -1.62. The third kappa shape index (κ3) is 2.46. The van der Waals surface area contributed by atoms with E-state index in [-0.39, 0.29) is 24.3 Å². The van der Waals surface area contributed by atoms with E-state index in [1.54, 1.807) is 35.0 Å². The Bertz CT molecular complexity index is 438. The third-order valence-corrected chi connectivity index (χ3v) is 3.33. The van der Waals surface area contributed by atoms with Gasteiger partial charge in [-0.3, -0.25) is 4.79 Å². The molecule has 0 saturated carbocycles. The fourth-order valence-corrected chi connectivity index (χ4v) is 2.25.